The Hall–Kier alpha value is -1.70. The van der Waals surface area contributed by atoms with Crippen molar-refractivity contribution >= 4 is 16.0 Å². The molecule has 0 aromatic heterocycles. The Balaban J connectivity index is 2.38. The minimum Gasteiger partial charge on any atom is -0.478 e. The molecule has 0 saturated carbocycles. The Kier molecular flexibility index (Phi) is 5.23. The molecule has 7 heteroatoms. The molecule has 2 rings (SSSR count). The van der Waals surface area contributed by atoms with Crippen molar-refractivity contribution in [2.24, 2.45) is 0 Å². The monoisotopic (exact) mass is 339 g/mol. The fourth-order valence-corrected chi connectivity index (χ4v) is 3.97. The van der Waals surface area contributed by atoms with Crippen LogP contribution in [0.15, 0.2) is 28.7 Å². The van der Waals surface area contributed by atoms with E-state index in [9.17, 15) is 13.2 Å². The summed E-state index contributed by atoms with van der Waals surface area (Å²) in [5.74, 6) is -1.14. The molecule has 1 aromatic rings. The number of sulfonamides is 1. The third-order valence-electron chi connectivity index (χ3n) is 3.96. The van der Waals surface area contributed by atoms with Crippen molar-refractivity contribution in [1.29, 1.82) is 0 Å². The zero-order chi connectivity index (χ0) is 17.2. The molecule has 0 unspecified atom stereocenters. The van der Waals surface area contributed by atoms with Crippen molar-refractivity contribution in [2.75, 3.05) is 26.8 Å². The highest BCUT2D eigenvalue weighted by molar-refractivity contribution is 7.89. The number of rotatable bonds is 5. The standard InChI is InChI=1S/C16H21NO5S/c1-11-7-14(16(18)19)8-15(12(11)2)23(20,21)17(3)9-13-5-4-6-22-10-13/h5,7-8H,4,6,9-10H2,1-3H3,(H,18,19). The number of carboxylic acid groups (broad SMARTS) is 1. The number of benzene rings is 1. The van der Waals surface area contributed by atoms with Gasteiger partial charge in [-0.2, -0.15) is 4.31 Å². The molecule has 0 amide bonds. The summed E-state index contributed by atoms with van der Waals surface area (Å²) < 4.78 is 32.2. The molecule has 0 aliphatic carbocycles. The van der Waals surface area contributed by atoms with Crippen molar-refractivity contribution < 1.29 is 23.1 Å². The van der Waals surface area contributed by atoms with E-state index >= 15 is 0 Å². The lowest BCUT2D eigenvalue weighted by atomic mass is 10.1. The highest BCUT2D eigenvalue weighted by atomic mass is 32.2. The number of nitrogens with zero attached hydrogens (tertiary/aromatic N) is 1. The van der Waals surface area contributed by atoms with E-state index in [1.165, 1.54) is 23.5 Å². The summed E-state index contributed by atoms with van der Waals surface area (Å²) >= 11 is 0. The van der Waals surface area contributed by atoms with Gasteiger partial charge in [0, 0.05) is 13.6 Å². The van der Waals surface area contributed by atoms with Gasteiger partial charge < -0.3 is 9.84 Å². The Labute approximate surface area is 136 Å². The van der Waals surface area contributed by atoms with Crippen LogP contribution >= 0.6 is 0 Å². The lowest BCUT2D eigenvalue weighted by molar-refractivity contribution is 0.0696. The highest BCUT2D eigenvalue weighted by Gasteiger charge is 2.26. The van der Waals surface area contributed by atoms with E-state index in [-0.39, 0.29) is 17.0 Å². The molecule has 1 heterocycles. The SMILES string of the molecule is Cc1cc(C(=O)O)cc(S(=O)(=O)N(C)CC2=CCCOC2)c1C. The van der Waals surface area contributed by atoms with Crippen LogP contribution in [-0.4, -0.2) is 50.6 Å². The predicted molar refractivity (Wildman–Crippen MR) is 86.2 cm³/mol. The first-order valence-electron chi connectivity index (χ1n) is 7.30. The van der Waals surface area contributed by atoms with Gasteiger partial charge in [-0.3, -0.25) is 0 Å². The Morgan fingerprint density at radius 2 is 2.04 bits per heavy atom. The van der Waals surface area contributed by atoms with Crippen molar-refractivity contribution in [3.63, 3.8) is 0 Å². The summed E-state index contributed by atoms with van der Waals surface area (Å²) in [4.78, 5) is 11.2. The van der Waals surface area contributed by atoms with Crippen LogP contribution in [0.4, 0.5) is 0 Å². The van der Waals surface area contributed by atoms with Gasteiger partial charge in [0.05, 0.1) is 23.7 Å². The Bertz CT molecular complexity index is 752. The van der Waals surface area contributed by atoms with Crippen molar-refractivity contribution in [3.8, 4) is 0 Å². The van der Waals surface area contributed by atoms with Crippen LogP contribution in [0, 0.1) is 13.8 Å². The second-order valence-electron chi connectivity index (χ2n) is 5.69. The van der Waals surface area contributed by atoms with E-state index in [0.29, 0.717) is 24.3 Å². The first-order valence-corrected chi connectivity index (χ1v) is 8.74. The van der Waals surface area contributed by atoms with Crippen LogP contribution in [-0.2, 0) is 14.8 Å². The number of carboxylic acids is 1. The van der Waals surface area contributed by atoms with Gasteiger partial charge >= 0.3 is 5.97 Å². The van der Waals surface area contributed by atoms with Crippen molar-refractivity contribution in [3.05, 3.63) is 40.5 Å². The van der Waals surface area contributed by atoms with E-state index in [1.54, 1.807) is 13.8 Å². The van der Waals surface area contributed by atoms with Gasteiger partial charge in [-0.05, 0) is 49.1 Å². The summed E-state index contributed by atoms with van der Waals surface area (Å²) in [5.41, 5.74) is 2.08. The van der Waals surface area contributed by atoms with Crippen LogP contribution in [0.25, 0.3) is 0 Å². The third-order valence-corrected chi connectivity index (χ3v) is 5.89. The molecular weight excluding hydrogens is 318 g/mol. The molecule has 1 aliphatic rings. The lowest BCUT2D eigenvalue weighted by Crippen LogP contribution is -2.31. The van der Waals surface area contributed by atoms with E-state index in [2.05, 4.69) is 0 Å². The van der Waals surface area contributed by atoms with Gasteiger partial charge in [-0.1, -0.05) is 6.08 Å². The maximum Gasteiger partial charge on any atom is 0.335 e. The minimum absolute atomic E-state index is 0.0275. The smallest absolute Gasteiger partial charge is 0.335 e. The normalized spacial score (nSPS) is 15.6. The molecule has 0 fully saturated rings. The van der Waals surface area contributed by atoms with E-state index in [4.69, 9.17) is 9.84 Å². The van der Waals surface area contributed by atoms with Crippen LogP contribution in [0.1, 0.15) is 27.9 Å². The molecule has 6 nitrogen and oxygen atoms in total. The van der Waals surface area contributed by atoms with Crippen LogP contribution < -0.4 is 0 Å². The molecule has 0 spiro atoms. The van der Waals surface area contributed by atoms with Crippen LogP contribution in [0.5, 0.6) is 0 Å². The maximum absolute atomic E-state index is 12.8. The van der Waals surface area contributed by atoms with E-state index in [1.807, 2.05) is 6.08 Å². The minimum atomic E-state index is -3.77. The number of ether oxygens (including phenoxy) is 1. The first kappa shape index (κ1) is 17.7. The molecule has 1 aromatic carbocycles. The number of hydrogen-bond donors (Lipinski definition) is 1. The van der Waals surface area contributed by atoms with Gasteiger partial charge in [0.25, 0.3) is 0 Å². The fraction of sp³-hybridized carbons (Fsp3) is 0.438. The Morgan fingerprint density at radius 3 is 2.61 bits per heavy atom. The van der Waals surface area contributed by atoms with Gasteiger partial charge in [0.15, 0.2) is 0 Å². The molecule has 126 valence electrons. The molecule has 0 bridgehead atoms. The van der Waals surface area contributed by atoms with Gasteiger partial charge in [0.2, 0.25) is 10.0 Å². The maximum atomic E-state index is 12.8. The predicted octanol–water partition coefficient (Wildman–Crippen LogP) is 1.97. The third kappa shape index (κ3) is 3.80. The summed E-state index contributed by atoms with van der Waals surface area (Å²) in [7, 11) is -2.28. The average Bonchev–Trinajstić information content (AvgIpc) is 2.50. The molecular formula is C16H21NO5S. The molecule has 1 N–H and O–H groups in total. The van der Waals surface area contributed by atoms with Gasteiger partial charge in [-0.25, -0.2) is 13.2 Å². The van der Waals surface area contributed by atoms with E-state index < -0.39 is 16.0 Å². The molecule has 0 radical (unpaired) electrons. The summed E-state index contributed by atoms with van der Waals surface area (Å²) in [5, 5.41) is 9.16. The van der Waals surface area contributed by atoms with Gasteiger partial charge in [0.1, 0.15) is 0 Å². The van der Waals surface area contributed by atoms with Crippen LogP contribution in [0.3, 0.4) is 0 Å². The fourth-order valence-electron chi connectivity index (χ4n) is 2.48. The number of carbonyl (C=O) groups is 1. The number of aryl methyl sites for hydroxylation is 1. The molecule has 23 heavy (non-hydrogen) atoms. The lowest BCUT2D eigenvalue weighted by Gasteiger charge is -2.22. The Morgan fingerprint density at radius 1 is 1.35 bits per heavy atom. The van der Waals surface area contributed by atoms with Crippen molar-refractivity contribution in [1.82, 2.24) is 4.31 Å². The number of hydrogen-bond acceptors (Lipinski definition) is 4. The summed E-state index contributed by atoms with van der Waals surface area (Å²) in [6, 6.07) is 2.70. The largest absolute Gasteiger partial charge is 0.478 e. The van der Waals surface area contributed by atoms with Crippen molar-refractivity contribution in [2.45, 2.75) is 25.2 Å². The quantitative estimate of drug-likeness (QED) is 0.829. The first-order chi connectivity index (χ1) is 10.7. The molecule has 1 aliphatic heterocycles. The van der Waals surface area contributed by atoms with E-state index in [0.717, 1.165) is 12.0 Å². The van der Waals surface area contributed by atoms with Crippen LogP contribution in [0.2, 0.25) is 0 Å². The topological polar surface area (TPSA) is 83.9 Å². The number of likely N-dealkylation sites (N-methyl/N-ethyl adjacent to an activating group) is 1. The second-order valence-corrected chi connectivity index (χ2v) is 7.70. The summed E-state index contributed by atoms with van der Waals surface area (Å²) in [6.07, 6.45) is 2.76. The number of aromatic carboxylic acids is 1. The van der Waals surface area contributed by atoms with Gasteiger partial charge in [-0.15, -0.1) is 0 Å². The average molecular weight is 339 g/mol. The highest BCUT2D eigenvalue weighted by Crippen LogP contribution is 2.24. The summed E-state index contributed by atoms with van der Waals surface area (Å²) in [6.45, 7) is 4.70. The molecule has 0 atom stereocenters. The second kappa shape index (κ2) is 6.82. The molecule has 0 saturated heterocycles. The zero-order valence-corrected chi connectivity index (χ0v) is 14.3. The zero-order valence-electron chi connectivity index (χ0n) is 13.5.